The van der Waals surface area contributed by atoms with Gasteiger partial charge >= 0.3 is 0 Å². The molecule has 2 aliphatic heterocycles. The van der Waals surface area contributed by atoms with E-state index in [1.165, 1.54) is 25.4 Å². The molecular weight excluding hydrogens is 308 g/mol. The lowest BCUT2D eigenvalue weighted by atomic mass is 9.70. The SMILES string of the molecule is O=C(c1ccoc1)N1CCC2(CC1)CC(O)CN(CC1CC1)C2=O. The fourth-order valence-electron chi connectivity index (χ4n) is 4.17. The van der Waals surface area contributed by atoms with E-state index in [1.807, 2.05) is 4.90 Å². The number of likely N-dealkylation sites (tertiary alicyclic amines) is 2. The van der Waals surface area contributed by atoms with Gasteiger partial charge in [0.25, 0.3) is 5.91 Å². The lowest BCUT2D eigenvalue weighted by Gasteiger charge is -2.48. The monoisotopic (exact) mass is 332 g/mol. The van der Waals surface area contributed by atoms with Crippen LogP contribution in [-0.2, 0) is 4.79 Å². The topological polar surface area (TPSA) is 74.0 Å². The molecule has 1 aromatic heterocycles. The van der Waals surface area contributed by atoms with Gasteiger partial charge in [-0.1, -0.05) is 0 Å². The Morgan fingerprint density at radius 1 is 1.33 bits per heavy atom. The highest BCUT2D eigenvalue weighted by molar-refractivity contribution is 5.94. The first kappa shape index (κ1) is 15.7. The van der Waals surface area contributed by atoms with Crippen molar-refractivity contribution in [3.05, 3.63) is 24.2 Å². The normalized spacial score (nSPS) is 26.9. The van der Waals surface area contributed by atoms with E-state index in [-0.39, 0.29) is 11.8 Å². The van der Waals surface area contributed by atoms with Crippen LogP contribution in [0, 0.1) is 11.3 Å². The van der Waals surface area contributed by atoms with Crippen molar-refractivity contribution in [3.8, 4) is 0 Å². The first-order valence-corrected chi connectivity index (χ1v) is 8.86. The number of aliphatic hydroxyl groups is 1. The molecule has 0 aromatic carbocycles. The van der Waals surface area contributed by atoms with Crippen LogP contribution in [0.2, 0.25) is 0 Å². The number of hydrogen-bond acceptors (Lipinski definition) is 4. The number of carbonyl (C=O) groups is 2. The predicted molar refractivity (Wildman–Crippen MR) is 86.2 cm³/mol. The van der Waals surface area contributed by atoms with E-state index in [4.69, 9.17) is 4.42 Å². The van der Waals surface area contributed by atoms with Crippen molar-refractivity contribution >= 4 is 11.8 Å². The Morgan fingerprint density at radius 2 is 2.08 bits per heavy atom. The molecule has 2 saturated heterocycles. The molecule has 1 aromatic rings. The minimum absolute atomic E-state index is 0.0442. The van der Waals surface area contributed by atoms with Gasteiger partial charge in [-0.2, -0.15) is 0 Å². The van der Waals surface area contributed by atoms with E-state index >= 15 is 0 Å². The van der Waals surface area contributed by atoms with Gasteiger partial charge in [0.1, 0.15) is 6.26 Å². The summed E-state index contributed by atoms with van der Waals surface area (Å²) in [5, 5.41) is 10.3. The fraction of sp³-hybridized carbons (Fsp3) is 0.667. The van der Waals surface area contributed by atoms with Gasteiger partial charge in [-0.05, 0) is 44.1 Å². The third-order valence-electron chi connectivity index (χ3n) is 5.75. The van der Waals surface area contributed by atoms with Crippen molar-refractivity contribution in [3.63, 3.8) is 0 Å². The van der Waals surface area contributed by atoms with Gasteiger partial charge in [0.2, 0.25) is 5.91 Å². The summed E-state index contributed by atoms with van der Waals surface area (Å²) in [6.07, 6.45) is 6.69. The lowest BCUT2D eigenvalue weighted by molar-refractivity contribution is -0.156. The van der Waals surface area contributed by atoms with E-state index in [2.05, 4.69) is 0 Å². The molecule has 6 nitrogen and oxygen atoms in total. The molecule has 1 spiro atoms. The second-order valence-electron chi connectivity index (χ2n) is 7.60. The molecule has 2 amide bonds. The van der Waals surface area contributed by atoms with E-state index in [1.54, 1.807) is 11.0 Å². The van der Waals surface area contributed by atoms with Crippen molar-refractivity contribution in [1.82, 2.24) is 9.80 Å². The van der Waals surface area contributed by atoms with Crippen molar-refractivity contribution in [2.24, 2.45) is 11.3 Å². The van der Waals surface area contributed by atoms with Crippen LogP contribution >= 0.6 is 0 Å². The molecule has 0 bridgehead atoms. The average molecular weight is 332 g/mol. The Bertz CT molecular complexity index is 613. The molecule has 3 heterocycles. The second kappa shape index (κ2) is 5.92. The minimum atomic E-state index is -0.486. The van der Waals surface area contributed by atoms with Crippen molar-refractivity contribution < 1.29 is 19.1 Å². The Kier molecular flexibility index (Phi) is 3.87. The summed E-state index contributed by atoms with van der Waals surface area (Å²) in [6.45, 7) is 2.36. The fourth-order valence-corrected chi connectivity index (χ4v) is 4.17. The Morgan fingerprint density at radius 3 is 2.71 bits per heavy atom. The third-order valence-corrected chi connectivity index (χ3v) is 5.75. The maximum Gasteiger partial charge on any atom is 0.257 e. The van der Waals surface area contributed by atoms with Gasteiger partial charge in [0.05, 0.1) is 23.3 Å². The number of nitrogens with zero attached hydrogens (tertiary/aromatic N) is 2. The lowest BCUT2D eigenvalue weighted by Crippen LogP contribution is -2.58. The first-order chi connectivity index (χ1) is 11.6. The van der Waals surface area contributed by atoms with Gasteiger partial charge in [0, 0.05) is 26.2 Å². The van der Waals surface area contributed by atoms with Crippen molar-refractivity contribution in [1.29, 1.82) is 0 Å². The Balaban J connectivity index is 1.44. The van der Waals surface area contributed by atoms with Crippen LogP contribution in [-0.4, -0.2) is 59.0 Å². The number of furan rings is 1. The van der Waals surface area contributed by atoms with Crippen LogP contribution in [0.1, 0.15) is 42.5 Å². The number of aliphatic hydroxyl groups excluding tert-OH is 1. The van der Waals surface area contributed by atoms with Crippen LogP contribution in [0.3, 0.4) is 0 Å². The average Bonchev–Trinajstić information content (AvgIpc) is 3.22. The molecule has 1 aliphatic carbocycles. The first-order valence-electron chi connectivity index (χ1n) is 8.86. The molecule has 4 rings (SSSR count). The molecule has 3 fully saturated rings. The second-order valence-corrected chi connectivity index (χ2v) is 7.60. The van der Waals surface area contributed by atoms with E-state index in [0.717, 1.165) is 6.54 Å². The molecule has 0 radical (unpaired) electrons. The van der Waals surface area contributed by atoms with E-state index in [0.29, 0.717) is 50.4 Å². The molecule has 1 atom stereocenters. The van der Waals surface area contributed by atoms with Gasteiger partial charge in [-0.15, -0.1) is 0 Å². The maximum absolute atomic E-state index is 13.0. The highest BCUT2D eigenvalue weighted by Crippen LogP contribution is 2.42. The van der Waals surface area contributed by atoms with Gasteiger partial charge in [-0.25, -0.2) is 0 Å². The molecule has 3 aliphatic rings. The zero-order valence-corrected chi connectivity index (χ0v) is 13.8. The van der Waals surface area contributed by atoms with E-state index in [9.17, 15) is 14.7 Å². The zero-order valence-electron chi connectivity index (χ0n) is 13.8. The van der Waals surface area contributed by atoms with Gasteiger partial charge in [0.15, 0.2) is 0 Å². The largest absolute Gasteiger partial charge is 0.472 e. The summed E-state index contributed by atoms with van der Waals surface area (Å²) < 4.78 is 4.98. The highest BCUT2D eigenvalue weighted by Gasteiger charge is 2.49. The van der Waals surface area contributed by atoms with Crippen LogP contribution in [0.5, 0.6) is 0 Å². The number of carbonyl (C=O) groups excluding carboxylic acids is 2. The van der Waals surface area contributed by atoms with Gasteiger partial charge in [-0.3, -0.25) is 9.59 Å². The number of β-amino-alcohol motifs (C(OH)–C–C–N with tert-alkyl or cyclic N) is 1. The van der Waals surface area contributed by atoms with Crippen LogP contribution in [0.15, 0.2) is 23.0 Å². The maximum atomic E-state index is 13.0. The molecular formula is C18H24N2O4. The number of amides is 2. The number of hydrogen-bond donors (Lipinski definition) is 1. The van der Waals surface area contributed by atoms with Crippen LogP contribution in [0.25, 0.3) is 0 Å². The van der Waals surface area contributed by atoms with Crippen molar-refractivity contribution in [2.75, 3.05) is 26.2 Å². The molecule has 1 saturated carbocycles. The smallest absolute Gasteiger partial charge is 0.257 e. The van der Waals surface area contributed by atoms with Gasteiger partial charge < -0.3 is 19.3 Å². The molecule has 1 N–H and O–H groups in total. The van der Waals surface area contributed by atoms with Crippen LogP contribution in [0.4, 0.5) is 0 Å². The molecule has 6 heteroatoms. The third kappa shape index (κ3) is 2.83. The Labute approximate surface area is 141 Å². The van der Waals surface area contributed by atoms with Crippen LogP contribution < -0.4 is 0 Å². The summed E-state index contributed by atoms with van der Waals surface area (Å²) in [5.41, 5.74) is 0.0658. The summed E-state index contributed by atoms with van der Waals surface area (Å²) in [5.74, 6) is 0.770. The quantitative estimate of drug-likeness (QED) is 0.910. The summed E-state index contributed by atoms with van der Waals surface area (Å²) >= 11 is 0. The Hall–Kier alpha value is -1.82. The standard InChI is InChI=1S/C18H24N2O4/c21-15-9-18(17(23)20(11-15)10-13-1-2-13)4-6-19(7-5-18)16(22)14-3-8-24-12-14/h3,8,12-13,15,21H,1-2,4-7,9-11H2. The summed E-state index contributed by atoms with van der Waals surface area (Å²) in [6, 6.07) is 1.67. The molecule has 1 unspecified atom stereocenters. The number of rotatable bonds is 3. The zero-order chi connectivity index (χ0) is 16.7. The highest BCUT2D eigenvalue weighted by atomic mass is 16.3. The summed E-state index contributed by atoms with van der Waals surface area (Å²) in [4.78, 5) is 29.1. The number of piperidine rings is 2. The van der Waals surface area contributed by atoms with E-state index < -0.39 is 11.5 Å². The minimum Gasteiger partial charge on any atom is -0.472 e. The predicted octanol–water partition coefficient (Wildman–Crippen LogP) is 1.51. The molecule has 130 valence electrons. The van der Waals surface area contributed by atoms with Crippen molar-refractivity contribution in [2.45, 2.75) is 38.2 Å². The summed E-state index contributed by atoms with van der Waals surface area (Å²) in [7, 11) is 0. The molecule has 24 heavy (non-hydrogen) atoms.